The van der Waals surface area contributed by atoms with E-state index in [0.717, 1.165) is 12.8 Å². The van der Waals surface area contributed by atoms with Gasteiger partial charge in [0.2, 0.25) is 5.95 Å². The molecule has 0 saturated heterocycles. The number of nitro groups is 1. The summed E-state index contributed by atoms with van der Waals surface area (Å²) >= 11 is 0. The predicted molar refractivity (Wildman–Crippen MR) is 65.8 cm³/mol. The molecule has 0 aliphatic heterocycles. The summed E-state index contributed by atoms with van der Waals surface area (Å²) < 4.78 is 0. The maximum atomic E-state index is 10.4. The third-order valence-corrected chi connectivity index (χ3v) is 2.40. The van der Waals surface area contributed by atoms with Gasteiger partial charge in [-0.25, -0.2) is 9.97 Å². The third kappa shape index (κ3) is 4.76. The predicted octanol–water partition coefficient (Wildman–Crippen LogP) is 2.62. The molecule has 94 valence electrons. The van der Waals surface area contributed by atoms with E-state index in [1.165, 1.54) is 12.4 Å². The quantitative estimate of drug-likeness (QED) is 0.608. The van der Waals surface area contributed by atoms with Gasteiger partial charge in [-0.2, -0.15) is 0 Å². The standard InChI is InChI=1S/C11H18N4O2/c1-8(2)4-5-9(3)14-11-12-6-10(7-13-11)15(16)17/h6-9H,4-5H2,1-3H3,(H,12,13,14). The summed E-state index contributed by atoms with van der Waals surface area (Å²) in [5, 5.41) is 13.5. The smallest absolute Gasteiger partial charge is 0.305 e. The maximum absolute atomic E-state index is 10.4. The number of nitrogens with one attached hydrogen (secondary N) is 1. The highest BCUT2D eigenvalue weighted by molar-refractivity contribution is 5.31. The lowest BCUT2D eigenvalue weighted by atomic mass is 10.0. The lowest BCUT2D eigenvalue weighted by Gasteiger charge is -2.14. The van der Waals surface area contributed by atoms with E-state index in [9.17, 15) is 10.1 Å². The first kappa shape index (κ1) is 13.3. The third-order valence-electron chi connectivity index (χ3n) is 2.40. The Morgan fingerprint density at radius 3 is 2.35 bits per heavy atom. The lowest BCUT2D eigenvalue weighted by molar-refractivity contribution is -0.385. The highest BCUT2D eigenvalue weighted by Gasteiger charge is 2.09. The van der Waals surface area contributed by atoms with Crippen LogP contribution in [0.5, 0.6) is 0 Å². The molecule has 6 heteroatoms. The van der Waals surface area contributed by atoms with E-state index >= 15 is 0 Å². The van der Waals surface area contributed by atoms with Crippen LogP contribution in [0.2, 0.25) is 0 Å². The zero-order valence-electron chi connectivity index (χ0n) is 10.4. The molecule has 0 aliphatic carbocycles. The van der Waals surface area contributed by atoms with Crippen LogP contribution in [0.3, 0.4) is 0 Å². The molecule has 0 fully saturated rings. The zero-order chi connectivity index (χ0) is 12.8. The Kier molecular flexibility index (Phi) is 4.81. The summed E-state index contributed by atoms with van der Waals surface area (Å²) in [6.07, 6.45) is 4.58. The van der Waals surface area contributed by atoms with Crippen LogP contribution < -0.4 is 5.32 Å². The van der Waals surface area contributed by atoms with Crippen molar-refractivity contribution in [1.29, 1.82) is 0 Å². The molecule has 0 saturated carbocycles. The highest BCUT2D eigenvalue weighted by Crippen LogP contribution is 2.12. The van der Waals surface area contributed by atoms with Crippen LogP contribution in [0.4, 0.5) is 11.6 Å². The molecule has 0 radical (unpaired) electrons. The van der Waals surface area contributed by atoms with Gasteiger partial charge in [0.05, 0.1) is 4.92 Å². The molecule has 1 aromatic rings. The van der Waals surface area contributed by atoms with Gasteiger partial charge < -0.3 is 5.32 Å². The molecule has 0 amide bonds. The second kappa shape index (κ2) is 6.12. The van der Waals surface area contributed by atoms with Crippen molar-refractivity contribution in [1.82, 2.24) is 9.97 Å². The summed E-state index contributed by atoms with van der Waals surface area (Å²) in [4.78, 5) is 17.7. The van der Waals surface area contributed by atoms with E-state index in [1.54, 1.807) is 0 Å². The van der Waals surface area contributed by atoms with Crippen LogP contribution in [0.15, 0.2) is 12.4 Å². The monoisotopic (exact) mass is 238 g/mol. The van der Waals surface area contributed by atoms with E-state index in [4.69, 9.17) is 0 Å². The van der Waals surface area contributed by atoms with Crippen LogP contribution in [-0.4, -0.2) is 20.9 Å². The summed E-state index contributed by atoms with van der Waals surface area (Å²) in [6, 6.07) is 0.263. The van der Waals surface area contributed by atoms with Crippen LogP contribution >= 0.6 is 0 Å². The summed E-state index contributed by atoms with van der Waals surface area (Å²) in [7, 11) is 0. The molecular weight excluding hydrogens is 220 g/mol. The van der Waals surface area contributed by atoms with Gasteiger partial charge in [-0.1, -0.05) is 13.8 Å². The van der Waals surface area contributed by atoms with Crippen LogP contribution in [0.1, 0.15) is 33.6 Å². The molecule has 0 aromatic carbocycles. The fraction of sp³-hybridized carbons (Fsp3) is 0.636. The fourth-order valence-electron chi connectivity index (χ4n) is 1.37. The van der Waals surface area contributed by atoms with Crippen molar-refractivity contribution < 1.29 is 4.92 Å². The summed E-state index contributed by atoms with van der Waals surface area (Å²) in [6.45, 7) is 6.40. The van der Waals surface area contributed by atoms with E-state index < -0.39 is 4.92 Å². The van der Waals surface area contributed by atoms with Crippen LogP contribution in [0.25, 0.3) is 0 Å². The van der Waals surface area contributed by atoms with E-state index in [0.29, 0.717) is 11.9 Å². The molecule has 1 heterocycles. The van der Waals surface area contributed by atoms with Gasteiger partial charge in [-0.05, 0) is 25.7 Å². The Balaban J connectivity index is 2.48. The van der Waals surface area contributed by atoms with Gasteiger partial charge in [-0.15, -0.1) is 0 Å². The van der Waals surface area contributed by atoms with Gasteiger partial charge in [0.15, 0.2) is 0 Å². The van der Waals surface area contributed by atoms with Crippen molar-refractivity contribution in [3.8, 4) is 0 Å². The van der Waals surface area contributed by atoms with Gasteiger partial charge in [0.1, 0.15) is 12.4 Å². The Morgan fingerprint density at radius 1 is 1.29 bits per heavy atom. The summed E-state index contributed by atoms with van der Waals surface area (Å²) in [5.41, 5.74) is -0.0922. The minimum atomic E-state index is -0.508. The van der Waals surface area contributed by atoms with Crippen molar-refractivity contribution in [2.45, 2.75) is 39.7 Å². The van der Waals surface area contributed by atoms with Crippen molar-refractivity contribution in [3.05, 3.63) is 22.5 Å². The first-order valence-corrected chi connectivity index (χ1v) is 5.72. The number of rotatable bonds is 6. The molecule has 17 heavy (non-hydrogen) atoms. The molecule has 0 aliphatic rings. The molecule has 1 rings (SSSR count). The molecule has 1 aromatic heterocycles. The van der Waals surface area contributed by atoms with Crippen LogP contribution in [-0.2, 0) is 0 Å². The van der Waals surface area contributed by atoms with E-state index in [1.807, 2.05) is 6.92 Å². The maximum Gasteiger partial charge on any atom is 0.305 e. The Morgan fingerprint density at radius 2 is 1.88 bits per heavy atom. The normalized spacial score (nSPS) is 12.5. The van der Waals surface area contributed by atoms with Gasteiger partial charge >= 0.3 is 5.69 Å². The molecular formula is C11H18N4O2. The number of anilines is 1. The Hall–Kier alpha value is -1.72. The van der Waals surface area contributed by atoms with E-state index in [-0.39, 0.29) is 11.7 Å². The van der Waals surface area contributed by atoms with E-state index in [2.05, 4.69) is 29.1 Å². The molecule has 1 unspecified atom stereocenters. The lowest BCUT2D eigenvalue weighted by Crippen LogP contribution is -2.17. The van der Waals surface area contributed by atoms with Crippen molar-refractivity contribution in [3.63, 3.8) is 0 Å². The SMILES string of the molecule is CC(C)CCC(C)Nc1ncc([N+](=O)[O-])cn1. The second-order valence-electron chi connectivity index (χ2n) is 4.54. The van der Waals surface area contributed by atoms with Gasteiger partial charge in [0.25, 0.3) is 0 Å². The fourth-order valence-corrected chi connectivity index (χ4v) is 1.37. The Labute approximate surface area is 101 Å². The molecule has 1 N–H and O–H groups in total. The topological polar surface area (TPSA) is 81.0 Å². The minimum absolute atomic E-state index is 0.0922. The zero-order valence-corrected chi connectivity index (χ0v) is 10.4. The number of hydrogen-bond donors (Lipinski definition) is 1. The summed E-state index contributed by atoms with van der Waals surface area (Å²) in [5.74, 6) is 1.10. The molecule has 6 nitrogen and oxygen atoms in total. The minimum Gasteiger partial charge on any atom is -0.352 e. The van der Waals surface area contributed by atoms with Gasteiger partial charge in [0, 0.05) is 6.04 Å². The first-order valence-electron chi connectivity index (χ1n) is 5.72. The second-order valence-corrected chi connectivity index (χ2v) is 4.54. The van der Waals surface area contributed by atoms with Gasteiger partial charge in [-0.3, -0.25) is 10.1 Å². The Bertz CT molecular complexity index is 364. The molecule has 1 atom stereocenters. The van der Waals surface area contributed by atoms with Crippen molar-refractivity contribution in [2.75, 3.05) is 5.32 Å². The number of hydrogen-bond acceptors (Lipinski definition) is 5. The molecule has 0 spiro atoms. The number of aromatic nitrogens is 2. The molecule has 0 bridgehead atoms. The average molecular weight is 238 g/mol. The first-order chi connectivity index (χ1) is 7.99. The highest BCUT2D eigenvalue weighted by atomic mass is 16.6. The average Bonchev–Trinajstić information content (AvgIpc) is 2.27. The van der Waals surface area contributed by atoms with Crippen molar-refractivity contribution in [2.24, 2.45) is 5.92 Å². The van der Waals surface area contributed by atoms with Crippen molar-refractivity contribution >= 4 is 11.6 Å². The largest absolute Gasteiger partial charge is 0.352 e. The van der Waals surface area contributed by atoms with Crippen LogP contribution in [0, 0.1) is 16.0 Å². The number of nitrogens with zero attached hydrogens (tertiary/aromatic N) is 3.